The molecule has 8 heavy (non-hydrogen) atoms. The van der Waals surface area contributed by atoms with Gasteiger partial charge in [-0.3, -0.25) is 0 Å². The third-order valence-electron chi connectivity index (χ3n) is 1.01. The highest BCUT2D eigenvalue weighted by Crippen LogP contribution is 2.06. The van der Waals surface area contributed by atoms with Crippen molar-refractivity contribution in [1.82, 2.24) is 0 Å². The van der Waals surface area contributed by atoms with E-state index in [1.165, 1.54) is 0 Å². The quantitative estimate of drug-likeness (QED) is 0.349. The zero-order chi connectivity index (χ0) is 5.98. The Kier molecular flexibility index (Phi) is 1.65. The molecule has 0 aliphatic carbocycles. The lowest BCUT2D eigenvalue weighted by Gasteiger charge is -2.16. The van der Waals surface area contributed by atoms with Crippen LogP contribution in [0.1, 0.15) is 13.8 Å². The van der Waals surface area contributed by atoms with Crippen LogP contribution in [0.5, 0.6) is 0 Å². The Labute approximate surface area is 49.0 Å². The van der Waals surface area contributed by atoms with Gasteiger partial charge < -0.3 is 0 Å². The van der Waals surface area contributed by atoms with Crippen molar-refractivity contribution < 1.29 is 9.78 Å². The lowest BCUT2D eigenvalue weighted by Crippen LogP contribution is -2.17. The Morgan fingerprint density at radius 3 is 1.62 bits per heavy atom. The molecule has 0 aromatic heterocycles. The van der Waals surface area contributed by atoms with E-state index in [0.717, 1.165) is 0 Å². The van der Waals surface area contributed by atoms with Crippen LogP contribution in [-0.4, -0.2) is 12.2 Å². The van der Waals surface area contributed by atoms with E-state index in [9.17, 15) is 0 Å². The summed E-state index contributed by atoms with van der Waals surface area (Å²) in [7, 11) is 0. The topological polar surface area (TPSA) is 18.5 Å². The normalized spacial score (nSPS) is 37.8. The van der Waals surface area contributed by atoms with Gasteiger partial charge in [-0.25, -0.2) is 9.78 Å². The lowest BCUT2D eigenvalue weighted by molar-refractivity contribution is -0.332. The van der Waals surface area contributed by atoms with Gasteiger partial charge in [0.25, 0.3) is 0 Å². The van der Waals surface area contributed by atoms with Crippen molar-refractivity contribution in [3.63, 3.8) is 0 Å². The van der Waals surface area contributed by atoms with Gasteiger partial charge in [-0.2, -0.15) is 0 Å². The zero-order valence-electron chi connectivity index (χ0n) is 5.13. The van der Waals surface area contributed by atoms with Gasteiger partial charge in [-0.1, -0.05) is 12.2 Å². The van der Waals surface area contributed by atoms with Crippen LogP contribution in [-0.2, 0) is 9.78 Å². The lowest BCUT2D eigenvalue weighted by atomic mass is 10.3. The summed E-state index contributed by atoms with van der Waals surface area (Å²) >= 11 is 0. The standard InChI is InChI=1S/C6H10O2/c1-5-3-4-6(2)8-7-5/h3-6H,1-2H3/t5-,6+. The molecule has 1 heterocycles. The maximum Gasteiger partial charge on any atom is 0.108 e. The van der Waals surface area contributed by atoms with Gasteiger partial charge in [0.05, 0.1) is 0 Å². The van der Waals surface area contributed by atoms with Crippen molar-refractivity contribution in [2.24, 2.45) is 0 Å². The summed E-state index contributed by atoms with van der Waals surface area (Å²) < 4.78 is 0. The summed E-state index contributed by atoms with van der Waals surface area (Å²) in [6.07, 6.45) is 4.19. The van der Waals surface area contributed by atoms with E-state index in [4.69, 9.17) is 9.78 Å². The predicted molar refractivity (Wildman–Crippen MR) is 30.2 cm³/mol. The maximum atomic E-state index is 4.80. The Hall–Kier alpha value is -0.340. The minimum atomic E-state index is 0.117. The highest BCUT2D eigenvalue weighted by molar-refractivity contribution is 4.93. The maximum absolute atomic E-state index is 4.80. The van der Waals surface area contributed by atoms with E-state index in [1.807, 2.05) is 26.0 Å². The molecule has 0 N–H and O–H groups in total. The second kappa shape index (κ2) is 2.29. The molecule has 2 heteroatoms. The van der Waals surface area contributed by atoms with Crippen molar-refractivity contribution in [3.8, 4) is 0 Å². The van der Waals surface area contributed by atoms with Crippen molar-refractivity contribution >= 4 is 0 Å². The largest absolute Gasteiger partial charge is 0.229 e. The van der Waals surface area contributed by atoms with Crippen molar-refractivity contribution in [2.75, 3.05) is 0 Å². The molecule has 0 spiro atoms. The summed E-state index contributed by atoms with van der Waals surface area (Å²) in [4.78, 5) is 9.61. The monoisotopic (exact) mass is 114 g/mol. The molecule has 0 radical (unpaired) electrons. The predicted octanol–water partition coefficient (Wildman–Crippen LogP) is 1.28. The number of hydrogen-bond acceptors (Lipinski definition) is 2. The minimum Gasteiger partial charge on any atom is -0.229 e. The summed E-state index contributed by atoms with van der Waals surface area (Å²) in [5.41, 5.74) is 0. The van der Waals surface area contributed by atoms with Crippen LogP contribution >= 0.6 is 0 Å². The molecule has 0 amide bonds. The highest BCUT2D eigenvalue weighted by atomic mass is 17.2. The van der Waals surface area contributed by atoms with E-state index in [1.54, 1.807) is 0 Å². The van der Waals surface area contributed by atoms with Gasteiger partial charge in [-0.05, 0) is 13.8 Å². The Morgan fingerprint density at radius 2 is 1.38 bits per heavy atom. The zero-order valence-corrected chi connectivity index (χ0v) is 5.13. The molecule has 0 aromatic rings. The summed E-state index contributed by atoms with van der Waals surface area (Å²) in [6.45, 7) is 3.87. The molecule has 1 aliphatic rings. The smallest absolute Gasteiger partial charge is 0.108 e. The summed E-state index contributed by atoms with van der Waals surface area (Å²) in [5, 5.41) is 0. The molecule has 46 valence electrons. The fourth-order valence-electron chi connectivity index (χ4n) is 0.552. The second-order valence-corrected chi connectivity index (χ2v) is 1.99. The van der Waals surface area contributed by atoms with Crippen LogP contribution in [0, 0.1) is 0 Å². The van der Waals surface area contributed by atoms with Gasteiger partial charge >= 0.3 is 0 Å². The molecule has 0 saturated carbocycles. The van der Waals surface area contributed by atoms with Crippen LogP contribution in [0.3, 0.4) is 0 Å². The van der Waals surface area contributed by atoms with Gasteiger partial charge in [0.1, 0.15) is 12.2 Å². The van der Waals surface area contributed by atoms with E-state index in [2.05, 4.69) is 0 Å². The van der Waals surface area contributed by atoms with Crippen LogP contribution in [0.25, 0.3) is 0 Å². The van der Waals surface area contributed by atoms with Crippen molar-refractivity contribution in [3.05, 3.63) is 12.2 Å². The number of rotatable bonds is 0. The van der Waals surface area contributed by atoms with Gasteiger partial charge in [0, 0.05) is 0 Å². The molecular formula is C6H10O2. The van der Waals surface area contributed by atoms with Gasteiger partial charge in [0.2, 0.25) is 0 Å². The van der Waals surface area contributed by atoms with Gasteiger partial charge in [-0.15, -0.1) is 0 Å². The summed E-state index contributed by atoms with van der Waals surface area (Å²) in [6, 6.07) is 0. The molecule has 0 saturated heterocycles. The first-order valence-corrected chi connectivity index (χ1v) is 2.79. The second-order valence-electron chi connectivity index (χ2n) is 1.99. The third-order valence-corrected chi connectivity index (χ3v) is 1.01. The van der Waals surface area contributed by atoms with E-state index in [-0.39, 0.29) is 12.2 Å². The molecule has 1 rings (SSSR count). The average Bonchev–Trinajstić information content (AvgIpc) is 1.77. The summed E-state index contributed by atoms with van der Waals surface area (Å²) in [5.74, 6) is 0. The van der Waals surface area contributed by atoms with Crippen LogP contribution in [0.2, 0.25) is 0 Å². The van der Waals surface area contributed by atoms with E-state index < -0.39 is 0 Å². The number of hydrogen-bond donors (Lipinski definition) is 0. The molecular weight excluding hydrogens is 104 g/mol. The SMILES string of the molecule is C[C@@H]1C=C[C@H](C)OO1. The third kappa shape index (κ3) is 1.32. The van der Waals surface area contributed by atoms with Crippen molar-refractivity contribution in [1.29, 1.82) is 0 Å². The Bertz CT molecular complexity index is 86.7. The first-order valence-electron chi connectivity index (χ1n) is 2.79. The van der Waals surface area contributed by atoms with Crippen LogP contribution in [0.15, 0.2) is 12.2 Å². The van der Waals surface area contributed by atoms with E-state index in [0.29, 0.717) is 0 Å². The molecule has 0 fully saturated rings. The Morgan fingerprint density at radius 1 is 1.00 bits per heavy atom. The first kappa shape index (κ1) is 5.79. The fourth-order valence-corrected chi connectivity index (χ4v) is 0.552. The van der Waals surface area contributed by atoms with Crippen molar-refractivity contribution in [2.45, 2.75) is 26.1 Å². The molecule has 0 aromatic carbocycles. The minimum absolute atomic E-state index is 0.117. The molecule has 0 bridgehead atoms. The van der Waals surface area contributed by atoms with Crippen LogP contribution < -0.4 is 0 Å². The molecule has 1 aliphatic heterocycles. The molecule has 0 unspecified atom stereocenters. The van der Waals surface area contributed by atoms with E-state index >= 15 is 0 Å². The highest BCUT2D eigenvalue weighted by Gasteiger charge is 2.07. The van der Waals surface area contributed by atoms with Crippen LogP contribution in [0.4, 0.5) is 0 Å². The van der Waals surface area contributed by atoms with Gasteiger partial charge in [0.15, 0.2) is 0 Å². The molecule has 2 atom stereocenters. The first-order chi connectivity index (χ1) is 3.79. The fraction of sp³-hybridized carbons (Fsp3) is 0.667. The Balaban J connectivity index is 2.42. The molecule has 2 nitrogen and oxygen atoms in total. The average molecular weight is 114 g/mol.